The lowest BCUT2D eigenvalue weighted by Gasteiger charge is -2.10. The highest BCUT2D eigenvalue weighted by Gasteiger charge is 2.16. The molecule has 0 saturated heterocycles. The smallest absolute Gasteiger partial charge is 0.261 e. The molecule has 0 radical (unpaired) electrons. The van der Waals surface area contributed by atoms with E-state index in [1.807, 2.05) is 13.0 Å². The molecule has 2 aromatic carbocycles. The summed E-state index contributed by atoms with van der Waals surface area (Å²) >= 11 is 0. The molecule has 4 nitrogen and oxygen atoms in total. The van der Waals surface area contributed by atoms with E-state index >= 15 is 0 Å². The van der Waals surface area contributed by atoms with Gasteiger partial charge in [0.05, 0.1) is 4.90 Å². The summed E-state index contributed by atoms with van der Waals surface area (Å²) in [5, 5.41) is 2.81. The summed E-state index contributed by atoms with van der Waals surface area (Å²) in [5.74, 6) is -0.432. The van der Waals surface area contributed by atoms with Crippen LogP contribution in [0.15, 0.2) is 47.4 Å². The Labute approximate surface area is 124 Å². The Morgan fingerprint density at radius 1 is 1.14 bits per heavy atom. The Bertz CT molecular complexity index is 745. The van der Waals surface area contributed by atoms with Crippen LogP contribution in [0.25, 0.3) is 0 Å². The van der Waals surface area contributed by atoms with E-state index in [2.05, 4.69) is 10.0 Å². The molecular weight excluding hydrogens is 291 g/mol. The topological polar surface area (TPSA) is 58.2 Å². The zero-order valence-corrected chi connectivity index (χ0v) is 12.7. The molecule has 0 unspecified atom stereocenters. The molecule has 0 saturated carbocycles. The Hall–Kier alpha value is -1.92. The molecular formula is C15H17FN2O2S. The van der Waals surface area contributed by atoms with Gasteiger partial charge < -0.3 is 5.32 Å². The maximum Gasteiger partial charge on any atom is 0.261 e. The first-order chi connectivity index (χ1) is 9.92. The highest BCUT2D eigenvalue weighted by molar-refractivity contribution is 7.92. The summed E-state index contributed by atoms with van der Waals surface area (Å²) in [6, 6.07) is 10.8. The number of sulfonamides is 1. The van der Waals surface area contributed by atoms with Crippen molar-refractivity contribution in [2.45, 2.75) is 18.4 Å². The van der Waals surface area contributed by atoms with Gasteiger partial charge in [-0.3, -0.25) is 4.72 Å². The molecule has 112 valence electrons. The van der Waals surface area contributed by atoms with Gasteiger partial charge in [0.25, 0.3) is 10.0 Å². The molecule has 2 N–H and O–H groups in total. The van der Waals surface area contributed by atoms with Crippen LogP contribution in [0, 0.1) is 12.7 Å². The second-order valence-corrected chi connectivity index (χ2v) is 6.44. The Morgan fingerprint density at radius 2 is 1.90 bits per heavy atom. The maximum absolute atomic E-state index is 13.6. The van der Waals surface area contributed by atoms with Crippen molar-refractivity contribution in [2.75, 3.05) is 11.8 Å². The molecule has 0 aliphatic rings. The zero-order valence-electron chi connectivity index (χ0n) is 11.9. The second kappa shape index (κ2) is 6.24. The van der Waals surface area contributed by atoms with Gasteiger partial charge in [0.15, 0.2) is 0 Å². The molecule has 0 aliphatic heterocycles. The van der Waals surface area contributed by atoms with Crippen molar-refractivity contribution in [3.05, 3.63) is 59.4 Å². The summed E-state index contributed by atoms with van der Waals surface area (Å²) in [5.41, 5.74) is 1.74. The van der Waals surface area contributed by atoms with Gasteiger partial charge in [0.2, 0.25) is 0 Å². The van der Waals surface area contributed by atoms with Crippen molar-refractivity contribution in [3.8, 4) is 0 Å². The molecule has 21 heavy (non-hydrogen) atoms. The van der Waals surface area contributed by atoms with Crippen LogP contribution in [-0.4, -0.2) is 15.5 Å². The quantitative estimate of drug-likeness (QED) is 0.893. The summed E-state index contributed by atoms with van der Waals surface area (Å²) in [4.78, 5) is 0.0376. The van der Waals surface area contributed by atoms with Crippen LogP contribution in [0.2, 0.25) is 0 Å². The minimum Gasteiger partial charge on any atom is -0.316 e. The van der Waals surface area contributed by atoms with Crippen LogP contribution >= 0.6 is 0 Å². The van der Waals surface area contributed by atoms with Crippen molar-refractivity contribution < 1.29 is 12.8 Å². The Balaban J connectivity index is 2.33. The van der Waals surface area contributed by atoms with E-state index in [0.29, 0.717) is 11.3 Å². The zero-order chi connectivity index (χ0) is 15.5. The molecule has 2 aromatic rings. The molecule has 0 bridgehead atoms. The molecule has 2 rings (SSSR count). The number of rotatable bonds is 5. The lowest BCUT2D eigenvalue weighted by Crippen LogP contribution is -2.14. The Kier molecular flexibility index (Phi) is 4.59. The first-order valence-corrected chi connectivity index (χ1v) is 7.93. The molecule has 0 fully saturated rings. The highest BCUT2D eigenvalue weighted by Crippen LogP contribution is 2.19. The maximum atomic E-state index is 13.6. The van der Waals surface area contributed by atoms with Crippen molar-refractivity contribution >= 4 is 15.7 Å². The van der Waals surface area contributed by atoms with Gasteiger partial charge in [-0.05, 0) is 49.9 Å². The Morgan fingerprint density at radius 3 is 2.57 bits per heavy atom. The van der Waals surface area contributed by atoms with Crippen LogP contribution in [0.3, 0.4) is 0 Å². The van der Waals surface area contributed by atoms with Crippen LogP contribution in [-0.2, 0) is 16.6 Å². The predicted octanol–water partition coefficient (Wildman–Crippen LogP) is 2.65. The third-order valence-electron chi connectivity index (χ3n) is 2.96. The summed E-state index contributed by atoms with van der Waals surface area (Å²) in [6.07, 6.45) is 0. The third-order valence-corrected chi connectivity index (χ3v) is 4.34. The van der Waals surface area contributed by atoms with E-state index in [1.165, 1.54) is 12.1 Å². The van der Waals surface area contributed by atoms with E-state index < -0.39 is 15.8 Å². The van der Waals surface area contributed by atoms with Crippen molar-refractivity contribution in [1.82, 2.24) is 5.32 Å². The van der Waals surface area contributed by atoms with Crippen LogP contribution < -0.4 is 10.0 Å². The first kappa shape index (κ1) is 15.5. The fourth-order valence-electron chi connectivity index (χ4n) is 1.97. The molecule has 0 spiro atoms. The second-order valence-electron chi connectivity index (χ2n) is 4.76. The van der Waals surface area contributed by atoms with E-state index in [4.69, 9.17) is 0 Å². The number of anilines is 1. The predicted molar refractivity (Wildman–Crippen MR) is 81.2 cm³/mol. The van der Waals surface area contributed by atoms with Gasteiger partial charge >= 0.3 is 0 Å². The van der Waals surface area contributed by atoms with Crippen LogP contribution in [0.1, 0.15) is 11.1 Å². The molecule has 0 aromatic heterocycles. The van der Waals surface area contributed by atoms with Gasteiger partial charge in [0.1, 0.15) is 5.82 Å². The highest BCUT2D eigenvalue weighted by atomic mass is 32.2. The first-order valence-electron chi connectivity index (χ1n) is 6.45. The normalized spacial score (nSPS) is 11.4. The largest absolute Gasteiger partial charge is 0.316 e. The lowest BCUT2D eigenvalue weighted by molar-refractivity contribution is 0.592. The standard InChI is InChI=1S/C15H17FN2O2S/c1-11-4-3-5-13(8-11)18-21(19,20)14-6-7-15(16)12(9-14)10-17-2/h3-9,17-18H,10H2,1-2H3. The van der Waals surface area contributed by atoms with Crippen LogP contribution in [0.4, 0.5) is 10.1 Å². The van der Waals surface area contributed by atoms with Gasteiger partial charge in [-0.15, -0.1) is 0 Å². The average molecular weight is 308 g/mol. The molecule has 0 atom stereocenters. The van der Waals surface area contributed by atoms with Gasteiger partial charge in [-0.1, -0.05) is 12.1 Å². The van der Waals surface area contributed by atoms with Gasteiger partial charge in [0, 0.05) is 17.8 Å². The molecule has 0 heterocycles. The van der Waals surface area contributed by atoms with Crippen LogP contribution in [0.5, 0.6) is 0 Å². The minimum atomic E-state index is -3.73. The molecule has 6 heteroatoms. The van der Waals surface area contributed by atoms with E-state index in [9.17, 15) is 12.8 Å². The molecule has 0 amide bonds. The average Bonchev–Trinajstić information content (AvgIpc) is 2.41. The van der Waals surface area contributed by atoms with Crippen molar-refractivity contribution in [2.24, 2.45) is 0 Å². The number of hydrogen-bond acceptors (Lipinski definition) is 3. The van der Waals surface area contributed by atoms with Gasteiger partial charge in [-0.25, -0.2) is 12.8 Å². The minimum absolute atomic E-state index is 0.0376. The number of aryl methyl sites for hydroxylation is 1. The third kappa shape index (κ3) is 3.80. The monoisotopic (exact) mass is 308 g/mol. The summed E-state index contributed by atoms with van der Waals surface area (Å²) < 4.78 is 40.7. The van der Waals surface area contributed by atoms with E-state index in [-0.39, 0.29) is 11.4 Å². The van der Waals surface area contributed by atoms with Crippen molar-refractivity contribution in [1.29, 1.82) is 0 Å². The fraction of sp³-hybridized carbons (Fsp3) is 0.200. The summed E-state index contributed by atoms with van der Waals surface area (Å²) in [6.45, 7) is 2.14. The van der Waals surface area contributed by atoms with Crippen molar-refractivity contribution in [3.63, 3.8) is 0 Å². The number of hydrogen-bond donors (Lipinski definition) is 2. The fourth-order valence-corrected chi connectivity index (χ4v) is 3.07. The summed E-state index contributed by atoms with van der Waals surface area (Å²) in [7, 11) is -2.06. The number of benzene rings is 2. The SMILES string of the molecule is CNCc1cc(S(=O)(=O)Nc2cccc(C)c2)ccc1F. The lowest BCUT2D eigenvalue weighted by atomic mass is 10.2. The van der Waals surface area contributed by atoms with Gasteiger partial charge in [-0.2, -0.15) is 0 Å². The van der Waals surface area contributed by atoms with E-state index in [1.54, 1.807) is 25.2 Å². The molecule has 0 aliphatic carbocycles. The number of halogens is 1. The van der Waals surface area contributed by atoms with E-state index in [0.717, 1.165) is 11.6 Å². The number of nitrogens with one attached hydrogen (secondary N) is 2.